The number of likely N-dealkylation sites (N-methyl/N-ethyl adjacent to an activating group) is 1. The van der Waals surface area contributed by atoms with E-state index in [0.29, 0.717) is 6.04 Å². The smallest absolute Gasteiger partial charge is 0.123 e. The second-order valence-electron chi connectivity index (χ2n) is 4.63. The van der Waals surface area contributed by atoms with E-state index in [1.807, 2.05) is 6.20 Å². The summed E-state index contributed by atoms with van der Waals surface area (Å²) >= 11 is 0. The third-order valence-electron chi connectivity index (χ3n) is 3.55. The number of hydrogen-bond acceptors (Lipinski definition) is 2. The zero-order chi connectivity index (χ0) is 11.8. The van der Waals surface area contributed by atoms with E-state index < -0.39 is 0 Å². The third-order valence-corrected chi connectivity index (χ3v) is 3.55. The highest BCUT2D eigenvalue weighted by molar-refractivity contribution is 5.83. The summed E-state index contributed by atoms with van der Waals surface area (Å²) in [6, 6.07) is 5.22. The lowest BCUT2D eigenvalue weighted by Gasteiger charge is -2.33. The molecule has 0 saturated carbocycles. The molecule has 90 valence electrons. The number of nitrogens with zero attached hydrogens (tertiary/aromatic N) is 1. The van der Waals surface area contributed by atoms with E-state index in [1.54, 1.807) is 12.1 Å². The van der Waals surface area contributed by atoms with Gasteiger partial charge in [0.05, 0.1) is 0 Å². The monoisotopic (exact) mass is 233 g/mol. The van der Waals surface area contributed by atoms with Crippen molar-refractivity contribution in [2.45, 2.75) is 6.04 Å². The third kappa shape index (κ3) is 1.83. The fourth-order valence-corrected chi connectivity index (χ4v) is 2.54. The maximum Gasteiger partial charge on any atom is 0.123 e. The molecule has 2 N–H and O–H groups in total. The van der Waals surface area contributed by atoms with E-state index in [-0.39, 0.29) is 5.82 Å². The lowest BCUT2D eigenvalue weighted by molar-refractivity contribution is 0.203. The fourth-order valence-electron chi connectivity index (χ4n) is 2.54. The number of aromatic amines is 1. The van der Waals surface area contributed by atoms with Crippen LogP contribution in [-0.4, -0.2) is 36.6 Å². The average molecular weight is 233 g/mol. The van der Waals surface area contributed by atoms with Crippen molar-refractivity contribution in [2.24, 2.45) is 0 Å². The van der Waals surface area contributed by atoms with Gasteiger partial charge in [-0.05, 0) is 30.8 Å². The molecule has 17 heavy (non-hydrogen) atoms. The van der Waals surface area contributed by atoms with E-state index in [4.69, 9.17) is 0 Å². The molecule has 1 aliphatic rings. The van der Waals surface area contributed by atoms with Gasteiger partial charge in [0.2, 0.25) is 0 Å². The van der Waals surface area contributed by atoms with Gasteiger partial charge in [0.15, 0.2) is 0 Å². The zero-order valence-corrected chi connectivity index (χ0v) is 9.83. The molecule has 1 aromatic heterocycles. The number of piperazine rings is 1. The quantitative estimate of drug-likeness (QED) is 0.788. The summed E-state index contributed by atoms with van der Waals surface area (Å²) in [5.41, 5.74) is 2.18. The highest BCUT2D eigenvalue weighted by Gasteiger charge is 2.22. The molecule has 1 fully saturated rings. The fraction of sp³-hybridized carbons (Fsp3) is 0.385. The van der Waals surface area contributed by atoms with Gasteiger partial charge in [0.25, 0.3) is 0 Å². The normalized spacial score (nSPS) is 22.1. The SMILES string of the molecule is CN1CCNCC1c1c[nH]c2ccc(F)cc12. The molecular weight excluding hydrogens is 217 g/mol. The van der Waals surface area contributed by atoms with Crippen LogP contribution in [0, 0.1) is 5.82 Å². The van der Waals surface area contributed by atoms with Gasteiger partial charge in [0.1, 0.15) is 5.82 Å². The molecule has 2 aromatic rings. The lowest BCUT2D eigenvalue weighted by Crippen LogP contribution is -2.43. The largest absolute Gasteiger partial charge is 0.361 e. The Morgan fingerprint density at radius 3 is 3.12 bits per heavy atom. The molecule has 3 nitrogen and oxygen atoms in total. The summed E-state index contributed by atoms with van der Waals surface area (Å²) in [6.45, 7) is 2.95. The molecule has 0 bridgehead atoms. The molecule has 1 unspecified atom stereocenters. The first-order valence-electron chi connectivity index (χ1n) is 5.93. The first kappa shape index (κ1) is 10.7. The summed E-state index contributed by atoms with van der Waals surface area (Å²) in [6.07, 6.45) is 2.00. The zero-order valence-electron chi connectivity index (χ0n) is 9.83. The second-order valence-corrected chi connectivity index (χ2v) is 4.63. The minimum Gasteiger partial charge on any atom is -0.361 e. The highest BCUT2D eigenvalue weighted by atomic mass is 19.1. The molecule has 1 aliphatic heterocycles. The van der Waals surface area contributed by atoms with Gasteiger partial charge in [-0.2, -0.15) is 0 Å². The molecule has 0 radical (unpaired) electrons. The van der Waals surface area contributed by atoms with E-state index in [9.17, 15) is 4.39 Å². The van der Waals surface area contributed by atoms with E-state index in [0.717, 1.165) is 30.5 Å². The molecule has 3 rings (SSSR count). The van der Waals surface area contributed by atoms with E-state index >= 15 is 0 Å². The predicted octanol–water partition coefficient (Wildman–Crippen LogP) is 1.88. The number of benzene rings is 1. The van der Waals surface area contributed by atoms with Crippen LogP contribution in [-0.2, 0) is 0 Å². The second kappa shape index (κ2) is 4.13. The van der Waals surface area contributed by atoms with E-state index in [1.165, 1.54) is 11.6 Å². The molecule has 4 heteroatoms. The van der Waals surface area contributed by atoms with Crippen molar-refractivity contribution in [3.05, 3.63) is 35.8 Å². The number of nitrogens with one attached hydrogen (secondary N) is 2. The maximum absolute atomic E-state index is 13.3. The molecule has 1 atom stereocenters. The Morgan fingerprint density at radius 2 is 2.29 bits per heavy atom. The topological polar surface area (TPSA) is 31.1 Å². The molecule has 0 aliphatic carbocycles. The number of rotatable bonds is 1. The van der Waals surface area contributed by atoms with Gasteiger partial charge < -0.3 is 10.3 Å². The number of aromatic nitrogens is 1. The Morgan fingerprint density at radius 1 is 1.41 bits per heavy atom. The molecule has 1 aromatic carbocycles. The first-order valence-corrected chi connectivity index (χ1v) is 5.93. The van der Waals surface area contributed by atoms with Gasteiger partial charge in [0, 0.05) is 42.8 Å². The van der Waals surface area contributed by atoms with Crippen molar-refractivity contribution >= 4 is 10.9 Å². The Bertz CT molecular complexity index is 534. The van der Waals surface area contributed by atoms with Gasteiger partial charge in [-0.25, -0.2) is 4.39 Å². The standard InChI is InChI=1S/C13H16FN3/c1-17-5-4-15-8-13(17)11-7-16-12-3-2-9(14)6-10(11)12/h2-3,6-7,13,15-16H,4-5,8H2,1H3. The van der Waals surface area contributed by atoms with Gasteiger partial charge >= 0.3 is 0 Å². The Labute approximate surface area is 99.6 Å². The van der Waals surface area contributed by atoms with Crippen molar-refractivity contribution in [2.75, 3.05) is 26.7 Å². The van der Waals surface area contributed by atoms with Crippen LogP contribution in [0.25, 0.3) is 10.9 Å². The predicted molar refractivity (Wildman–Crippen MR) is 66.5 cm³/mol. The summed E-state index contributed by atoms with van der Waals surface area (Å²) in [5.74, 6) is -0.176. The lowest BCUT2D eigenvalue weighted by atomic mass is 10.0. The van der Waals surface area contributed by atoms with Crippen molar-refractivity contribution in [3.63, 3.8) is 0 Å². The van der Waals surface area contributed by atoms with E-state index in [2.05, 4.69) is 22.2 Å². The number of H-pyrrole nitrogens is 1. The van der Waals surface area contributed by atoms with Gasteiger partial charge in [-0.1, -0.05) is 0 Å². The summed E-state index contributed by atoms with van der Waals surface area (Å²) in [7, 11) is 2.11. The Kier molecular flexibility index (Phi) is 2.61. The molecule has 0 amide bonds. The van der Waals surface area contributed by atoms with Crippen LogP contribution < -0.4 is 5.32 Å². The maximum atomic E-state index is 13.3. The average Bonchev–Trinajstić information content (AvgIpc) is 2.72. The number of hydrogen-bond donors (Lipinski definition) is 2. The molecule has 2 heterocycles. The van der Waals surface area contributed by atoms with Crippen LogP contribution in [0.1, 0.15) is 11.6 Å². The Hall–Kier alpha value is -1.39. The minimum atomic E-state index is -0.176. The van der Waals surface area contributed by atoms with Crippen LogP contribution in [0.15, 0.2) is 24.4 Å². The summed E-state index contributed by atoms with van der Waals surface area (Å²) < 4.78 is 13.3. The summed E-state index contributed by atoms with van der Waals surface area (Å²) in [4.78, 5) is 5.52. The van der Waals surface area contributed by atoms with Crippen LogP contribution >= 0.6 is 0 Å². The molecule has 1 saturated heterocycles. The van der Waals surface area contributed by atoms with Gasteiger partial charge in [-0.3, -0.25) is 4.90 Å². The molecular formula is C13H16FN3. The molecule has 0 spiro atoms. The van der Waals surface area contributed by atoms with Gasteiger partial charge in [-0.15, -0.1) is 0 Å². The minimum absolute atomic E-state index is 0.176. The van der Waals surface area contributed by atoms with Crippen molar-refractivity contribution in [1.29, 1.82) is 0 Å². The summed E-state index contributed by atoms with van der Waals surface area (Å²) in [5, 5.41) is 4.37. The van der Waals surface area contributed by atoms with Crippen LogP contribution in [0.4, 0.5) is 4.39 Å². The Balaban J connectivity index is 2.07. The van der Waals surface area contributed by atoms with Crippen molar-refractivity contribution in [3.8, 4) is 0 Å². The van der Waals surface area contributed by atoms with Crippen molar-refractivity contribution in [1.82, 2.24) is 15.2 Å². The number of halogens is 1. The van der Waals surface area contributed by atoms with Crippen LogP contribution in [0.5, 0.6) is 0 Å². The highest BCUT2D eigenvalue weighted by Crippen LogP contribution is 2.28. The number of fused-ring (bicyclic) bond motifs is 1. The van der Waals surface area contributed by atoms with Crippen molar-refractivity contribution < 1.29 is 4.39 Å². The first-order chi connectivity index (χ1) is 8.25. The van der Waals surface area contributed by atoms with Crippen LogP contribution in [0.2, 0.25) is 0 Å². The van der Waals surface area contributed by atoms with Crippen LogP contribution in [0.3, 0.4) is 0 Å².